The first-order chi connectivity index (χ1) is 6.83. The second-order valence-corrected chi connectivity index (χ2v) is 3.43. The van der Waals surface area contributed by atoms with E-state index in [1.807, 2.05) is 29.9 Å². The maximum atomic E-state index is 4.18. The number of likely N-dealkylation sites (N-methyl/N-ethyl adjacent to an activating group) is 1. The van der Waals surface area contributed by atoms with E-state index in [1.54, 1.807) is 6.20 Å². The third-order valence-corrected chi connectivity index (χ3v) is 2.35. The fourth-order valence-electron chi connectivity index (χ4n) is 1.67. The normalized spacial score (nSPS) is 13.3. The molecule has 4 nitrogen and oxygen atoms in total. The van der Waals surface area contributed by atoms with Gasteiger partial charge in [0.25, 0.3) is 0 Å². The lowest BCUT2D eigenvalue weighted by atomic mass is 10.1. The topological polar surface area (TPSA) is 42.2 Å². The second-order valence-electron chi connectivity index (χ2n) is 3.43. The van der Waals surface area contributed by atoms with Crippen LogP contribution in [0.5, 0.6) is 0 Å². The van der Waals surface area contributed by atoms with Gasteiger partial charge in [-0.25, -0.2) is 9.97 Å². The summed E-state index contributed by atoms with van der Waals surface area (Å²) in [6, 6.07) is 2.04. The van der Waals surface area contributed by atoms with Gasteiger partial charge >= 0.3 is 0 Å². The molecule has 74 valence electrons. The van der Waals surface area contributed by atoms with Gasteiger partial charge in [0.2, 0.25) is 5.78 Å². The van der Waals surface area contributed by atoms with Crippen molar-refractivity contribution in [3.8, 4) is 0 Å². The summed E-state index contributed by atoms with van der Waals surface area (Å²) in [5.74, 6) is 1.23. The maximum absolute atomic E-state index is 4.18. The third-order valence-electron chi connectivity index (χ3n) is 2.35. The Morgan fingerprint density at radius 1 is 1.43 bits per heavy atom. The van der Waals surface area contributed by atoms with E-state index in [1.165, 1.54) is 5.69 Å². The molecule has 14 heavy (non-hydrogen) atoms. The molecule has 1 unspecified atom stereocenters. The predicted molar refractivity (Wildman–Crippen MR) is 55.3 cm³/mol. The van der Waals surface area contributed by atoms with Gasteiger partial charge in [0.05, 0.1) is 0 Å². The van der Waals surface area contributed by atoms with Crippen molar-refractivity contribution >= 4 is 5.78 Å². The number of imidazole rings is 1. The minimum atomic E-state index is 0.458. The molecule has 0 radical (unpaired) electrons. The smallest absolute Gasteiger partial charge is 0.233 e. The van der Waals surface area contributed by atoms with Crippen LogP contribution in [0.4, 0.5) is 0 Å². The monoisotopic (exact) mass is 190 g/mol. The van der Waals surface area contributed by atoms with Crippen LogP contribution < -0.4 is 5.32 Å². The van der Waals surface area contributed by atoms with Gasteiger partial charge in [-0.3, -0.25) is 4.40 Å². The van der Waals surface area contributed by atoms with Crippen molar-refractivity contribution in [3.05, 3.63) is 30.4 Å². The van der Waals surface area contributed by atoms with Gasteiger partial charge in [0.1, 0.15) is 0 Å². The van der Waals surface area contributed by atoms with E-state index in [-0.39, 0.29) is 0 Å². The quantitative estimate of drug-likeness (QED) is 0.786. The van der Waals surface area contributed by atoms with Gasteiger partial charge in [-0.15, -0.1) is 0 Å². The van der Waals surface area contributed by atoms with Crippen LogP contribution in [0.25, 0.3) is 5.78 Å². The molecule has 2 heterocycles. The highest BCUT2D eigenvalue weighted by atomic mass is 15.1. The van der Waals surface area contributed by atoms with E-state index in [0.29, 0.717) is 5.92 Å². The molecule has 0 aliphatic carbocycles. The Labute approximate surface area is 83.0 Å². The lowest BCUT2D eigenvalue weighted by Gasteiger charge is -2.12. The van der Waals surface area contributed by atoms with Crippen LogP contribution in [-0.2, 0) is 0 Å². The molecule has 1 N–H and O–H groups in total. The van der Waals surface area contributed by atoms with Gasteiger partial charge in [0, 0.05) is 36.7 Å². The molecule has 0 aliphatic heterocycles. The van der Waals surface area contributed by atoms with E-state index < -0.39 is 0 Å². The molecule has 0 aliphatic rings. The summed E-state index contributed by atoms with van der Waals surface area (Å²) >= 11 is 0. The predicted octanol–water partition coefficient (Wildman–Crippen LogP) is 1.05. The first-order valence-electron chi connectivity index (χ1n) is 4.75. The number of hydrogen-bond acceptors (Lipinski definition) is 3. The number of fused-ring (bicyclic) bond motifs is 1. The molecule has 4 heteroatoms. The van der Waals surface area contributed by atoms with Crippen molar-refractivity contribution in [2.75, 3.05) is 13.6 Å². The van der Waals surface area contributed by atoms with Crippen molar-refractivity contribution in [2.45, 2.75) is 12.8 Å². The molecule has 1 atom stereocenters. The van der Waals surface area contributed by atoms with Crippen molar-refractivity contribution in [3.63, 3.8) is 0 Å². The van der Waals surface area contributed by atoms with E-state index in [9.17, 15) is 0 Å². The van der Waals surface area contributed by atoms with Gasteiger partial charge < -0.3 is 5.32 Å². The molecule has 2 rings (SSSR count). The van der Waals surface area contributed by atoms with Gasteiger partial charge in [-0.1, -0.05) is 6.92 Å². The molecule has 2 aromatic heterocycles. The standard InChI is InChI=1S/C10H14N4/c1-8(7-11-2)9-3-4-12-10-13-5-6-14(9)10/h3-6,8,11H,7H2,1-2H3. The van der Waals surface area contributed by atoms with Crippen LogP contribution in [-0.4, -0.2) is 28.0 Å². The van der Waals surface area contributed by atoms with Crippen LogP contribution >= 0.6 is 0 Å². The van der Waals surface area contributed by atoms with Crippen LogP contribution in [0.3, 0.4) is 0 Å². The first-order valence-corrected chi connectivity index (χ1v) is 4.75. The van der Waals surface area contributed by atoms with E-state index in [4.69, 9.17) is 0 Å². The van der Waals surface area contributed by atoms with E-state index >= 15 is 0 Å². The number of nitrogens with one attached hydrogen (secondary N) is 1. The fourth-order valence-corrected chi connectivity index (χ4v) is 1.67. The van der Waals surface area contributed by atoms with Crippen molar-refractivity contribution in [1.82, 2.24) is 19.7 Å². The summed E-state index contributed by atoms with van der Waals surface area (Å²) in [6.45, 7) is 3.14. The van der Waals surface area contributed by atoms with Crippen LogP contribution in [0, 0.1) is 0 Å². The number of hydrogen-bond donors (Lipinski definition) is 1. The number of nitrogens with zero attached hydrogens (tertiary/aromatic N) is 3. The Morgan fingerprint density at radius 2 is 2.21 bits per heavy atom. The molecule has 0 bridgehead atoms. The molecular formula is C10H14N4. The molecular weight excluding hydrogens is 176 g/mol. The molecule has 0 saturated heterocycles. The van der Waals surface area contributed by atoms with Crippen LogP contribution in [0.15, 0.2) is 24.7 Å². The largest absolute Gasteiger partial charge is 0.319 e. The van der Waals surface area contributed by atoms with Crippen molar-refractivity contribution in [2.24, 2.45) is 0 Å². The summed E-state index contributed by atoms with van der Waals surface area (Å²) in [5.41, 5.74) is 1.24. The van der Waals surface area contributed by atoms with E-state index in [0.717, 1.165) is 12.3 Å². The molecule has 0 saturated carbocycles. The Balaban J connectivity index is 2.45. The highest BCUT2D eigenvalue weighted by Gasteiger charge is 2.08. The highest BCUT2D eigenvalue weighted by molar-refractivity contribution is 5.30. The Kier molecular flexibility index (Phi) is 2.45. The van der Waals surface area contributed by atoms with Crippen molar-refractivity contribution < 1.29 is 0 Å². The highest BCUT2D eigenvalue weighted by Crippen LogP contribution is 2.14. The molecule has 0 aromatic carbocycles. The summed E-state index contributed by atoms with van der Waals surface area (Å²) in [7, 11) is 1.96. The second kappa shape index (κ2) is 3.75. The summed E-state index contributed by atoms with van der Waals surface area (Å²) in [5, 5.41) is 3.17. The zero-order valence-corrected chi connectivity index (χ0v) is 8.44. The fraction of sp³-hybridized carbons (Fsp3) is 0.400. The molecule has 0 spiro atoms. The molecule has 0 fully saturated rings. The summed E-state index contributed by atoms with van der Waals surface area (Å²) in [6.07, 6.45) is 5.53. The van der Waals surface area contributed by atoms with Gasteiger partial charge in [0.15, 0.2) is 0 Å². The molecule has 2 aromatic rings. The van der Waals surface area contributed by atoms with Gasteiger partial charge in [-0.2, -0.15) is 0 Å². The number of aromatic nitrogens is 3. The Bertz CT molecular complexity index is 421. The zero-order chi connectivity index (χ0) is 9.97. The number of rotatable bonds is 3. The minimum absolute atomic E-state index is 0.458. The average molecular weight is 190 g/mol. The summed E-state index contributed by atoms with van der Waals surface area (Å²) in [4.78, 5) is 8.33. The molecule has 0 amide bonds. The maximum Gasteiger partial charge on any atom is 0.233 e. The van der Waals surface area contributed by atoms with Crippen LogP contribution in [0.1, 0.15) is 18.5 Å². The zero-order valence-electron chi connectivity index (χ0n) is 8.44. The summed E-state index contributed by atoms with van der Waals surface area (Å²) < 4.78 is 2.03. The van der Waals surface area contributed by atoms with E-state index in [2.05, 4.69) is 22.2 Å². The Morgan fingerprint density at radius 3 is 3.00 bits per heavy atom. The lowest BCUT2D eigenvalue weighted by Crippen LogP contribution is -2.16. The first kappa shape index (κ1) is 9.15. The third kappa shape index (κ3) is 1.48. The Hall–Kier alpha value is -1.42. The minimum Gasteiger partial charge on any atom is -0.319 e. The van der Waals surface area contributed by atoms with Crippen LogP contribution in [0.2, 0.25) is 0 Å². The van der Waals surface area contributed by atoms with Gasteiger partial charge in [-0.05, 0) is 13.1 Å². The lowest BCUT2D eigenvalue weighted by molar-refractivity contribution is 0.652. The SMILES string of the molecule is CNCC(C)c1ccnc2nccn12. The average Bonchev–Trinajstić information content (AvgIpc) is 2.65. The van der Waals surface area contributed by atoms with Crippen molar-refractivity contribution in [1.29, 1.82) is 0 Å².